The number of aliphatic hydroxyl groups is 2. The van der Waals surface area contributed by atoms with Gasteiger partial charge in [0, 0.05) is 41.0 Å². The number of rotatable bonds is 13. The second-order valence-corrected chi connectivity index (χ2v) is 11.3. The van der Waals surface area contributed by atoms with Gasteiger partial charge in [-0.2, -0.15) is 0 Å². The molecule has 13 heteroatoms. The lowest BCUT2D eigenvalue weighted by Crippen LogP contribution is -2.52. The maximum atomic E-state index is 13.9. The molecule has 42 heavy (non-hydrogen) atoms. The molecule has 224 valence electrons. The Morgan fingerprint density at radius 2 is 1.52 bits per heavy atom. The lowest BCUT2D eigenvalue weighted by atomic mass is 10.0. The third-order valence-electron chi connectivity index (χ3n) is 6.84. The van der Waals surface area contributed by atoms with Crippen LogP contribution in [0.2, 0.25) is 0 Å². The first-order chi connectivity index (χ1) is 20.0. The fraction of sp³-hybridized carbons (Fsp3) is 0.276. The van der Waals surface area contributed by atoms with Crippen LogP contribution in [0.5, 0.6) is 23.0 Å². The number of hydrogen-bond donors (Lipinski definition) is 4. The van der Waals surface area contributed by atoms with E-state index in [1.165, 1.54) is 71.0 Å². The molecule has 0 aliphatic rings. The van der Waals surface area contributed by atoms with Crippen molar-refractivity contribution in [3.63, 3.8) is 0 Å². The highest BCUT2D eigenvalue weighted by Crippen LogP contribution is 2.39. The number of carbonyl (C=O) groups excluding carboxylic acids is 1. The molecule has 12 nitrogen and oxygen atoms in total. The summed E-state index contributed by atoms with van der Waals surface area (Å²) in [4.78, 5) is 13.8. The number of carbonyl (C=O) groups is 1. The van der Waals surface area contributed by atoms with Crippen molar-refractivity contribution in [2.75, 3.05) is 53.5 Å². The fourth-order valence-corrected chi connectivity index (χ4v) is 5.71. The minimum atomic E-state index is -4.18. The lowest BCUT2D eigenvalue weighted by molar-refractivity contribution is 0.103. The van der Waals surface area contributed by atoms with E-state index in [-0.39, 0.29) is 39.6 Å². The monoisotopic (exact) mass is 599 g/mol. The average molecular weight is 600 g/mol. The van der Waals surface area contributed by atoms with Crippen molar-refractivity contribution in [1.29, 1.82) is 0 Å². The molecule has 0 fully saturated rings. The Bertz CT molecular complexity index is 1670. The second kappa shape index (κ2) is 12.3. The molecule has 0 aliphatic heterocycles. The zero-order valence-electron chi connectivity index (χ0n) is 23.6. The van der Waals surface area contributed by atoms with Crippen LogP contribution < -0.4 is 30.0 Å². The van der Waals surface area contributed by atoms with Crippen LogP contribution in [0.3, 0.4) is 0 Å². The van der Waals surface area contributed by atoms with Gasteiger partial charge in [-0.15, -0.1) is 0 Å². The zero-order valence-corrected chi connectivity index (χ0v) is 24.4. The van der Waals surface area contributed by atoms with E-state index >= 15 is 0 Å². The van der Waals surface area contributed by atoms with Crippen LogP contribution >= 0.6 is 0 Å². The Morgan fingerprint density at radius 1 is 0.905 bits per heavy atom. The number of nitrogens with zero attached hydrogens (tertiary/aromatic N) is 1. The SMILES string of the molecule is COc1ccc2c(C(=O)c3cc(OC)c(OC)c(OC)c3)cn(S(=O)(=O)c3ccc(NCC(N)(CO)CO)cc3)c2c1. The van der Waals surface area contributed by atoms with Crippen LogP contribution in [0.1, 0.15) is 15.9 Å². The highest BCUT2D eigenvalue weighted by Gasteiger charge is 2.27. The molecule has 0 aliphatic carbocycles. The minimum Gasteiger partial charge on any atom is -0.497 e. The first-order valence-corrected chi connectivity index (χ1v) is 14.1. The van der Waals surface area contributed by atoms with Gasteiger partial charge in [0.15, 0.2) is 17.3 Å². The number of nitrogens with one attached hydrogen (secondary N) is 1. The van der Waals surface area contributed by atoms with Crippen molar-refractivity contribution in [2.24, 2.45) is 5.73 Å². The quantitative estimate of drug-likeness (QED) is 0.166. The smallest absolute Gasteiger partial charge is 0.268 e. The molecule has 4 aromatic rings. The minimum absolute atomic E-state index is 0.0390. The van der Waals surface area contributed by atoms with E-state index < -0.39 is 34.6 Å². The summed E-state index contributed by atoms with van der Waals surface area (Å²) in [5.41, 5.74) is 5.76. The van der Waals surface area contributed by atoms with Gasteiger partial charge in [-0.1, -0.05) is 0 Å². The summed E-state index contributed by atoms with van der Waals surface area (Å²) in [5, 5.41) is 22.2. The third-order valence-corrected chi connectivity index (χ3v) is 8.52. The summed E-state index contributed by atoms with van der Waals surface area (Å²) in [6, 6.07) is 13.7. The van der Waals surface area contributed by atoms with E-state index in [1.54, 1.807) is 18.2 Å². The largest absolute Gasteiger partial charge is 0.497 e. The standard InChI is InChI=1S/C29H33N3O9S/c1-38-20-7-10-22-23(27(35)18-11-25(39-2)28(41-4)26(12-18)40-3)14-32(24(22)13-20)42(36,37)21-8-5-19(6-9-21)31-15-29(30,16-33)17-34/h5-14,31,33-34H,15-17,30H2,1-4H3. The summed E-state index contributed by atoms with van der Waals surface area (Å²) < 4.78 is 50.2. The molecular weight excluding hydrogens is 566 g/mol. The molecule has 1 aromatic heterocycles. The number of benzene rings is 3. The van der Waals surface area contributed by atoms with Crippen LogP contribution in [0.15, 0.2) is 65.7 Å². The Balaban J connectivity index is 1.79. The molecule has 0 unspecified atom stereocenters. The van der Waals surface area contributed by atoms with Gasteiger partial charge >= 0.3 is 0 Å². The number of hydrogen-bond acceptors (Lipinski definition) is 11. The van der Waals surface area contributed by atoms with Crippen molar-refractivity contribution in [3.8, 4) is 23.0 Å². The highest BCUT2D eigenvalue weighted by molar-refractivity contribution is 7.90. The number of nitrogens with two attached hydrogens (primary N) is 1. The zero-order chi connectivity index (χ0) is 30.7. The van der Waals surface area contributed by atoms with E-state index in [9.17, 15) is 23.4 Å². The van der Waals surface area contributed by atoms with E-state index in [2.05, 4.69) is 5.32 Å². The van der Waals surface area contributed by atoms with Gasteiger partial charge in [0.1, 0.15) is 5.75 Å². The summed E-state index contributed by atoms with van der Waals surface area (Å²) in [6.45, 7) is -0.824. The maximum Gasteiger partial charge on any atom is 0.268 e. The molecule has 0 saturated heterocycles. The third kappa shape index (κ3) is 5.72. The Morgan fingerprint density at radius 3 is 2.05 bits per heavy atom. The maximum absolute atomic E-state index is 13.9. The Hall–Kier alpha value is -4.30. The van der Waals surface area contributed by atoms with E-state index in [0.29, 0.717) is 22.6 Å². The normalized spacial score (nSPS) is 11.8. The van der Waals surface area contributed by atoms with Crippen LogP contribution in [-0.4, -0.2) is 82.1 Å². The molecule has 3 aromatic carbocycles. The van der Waals surface area contributed by atoms with Crippen LogP contribution in [0, 0.1) is 0 Å². The number of aliphatic hydroxyl groups excluding tert-OH is 2. The predicted molar refractivity (Wildman–Crippen MR) is 157 cm³/mol. The molecular formula is C29H33N3O9S. The Labute approximate surface area is 243 Å². The average Bonchev–Trinajstić information content (AvgIpc) is 3.42. The number of anilines is 1. The summed E-state index contributed by atoms with van der Waals surface area (Å²) >= 11 is 0. The molecule has 0 radical (unpaired) electrons. The lowest BCUT2D eigenvalue weighted by Gasteiger charge is -2.25. The molecule has 0 bridgehead atoms. The van der Waals surface area contributed by atoms with Crippen molar-refractivity contribution >= 4 is 32.4 Å². The number of aromatic nitrogens is 1. The molecule has 5 N–H and O–H groups in total. The van der Waals surface area contributed by atoms with Gasteiger partial charge in [-0.05, 0) is 48.5 Å². The first kappa shape index (κ1) is 30.7. The molecule has 0 amide bonds. The second-order valence-electron chi connectivity index (χ2n) is 9.53. The van der Waals surface area contributed by atoms with Crippen molar-refractivity contribution in [3.05, 3.63) is 71.9 Å². The topological polar surface area (TPSA) is 172 Å². The van der Waals surface area contributed by atoms with Crippen molar-refractivity contribution in [1.82, 2.24) is 3.97 Å². The van der Waals surface area contributed by atoms with E-state index in [4.69, 9.17) is 24.7 Å². The number of ether oxygens (including phenoxy) is 4. The van der Waals surface area contributed by atoms with E-state index in [1.807, 2.05) is 0 Å². The summed E-state index contributed by atoms with van der Waals surface area (Å²) in [7, 11) is 1.59. The van der Waals surface area contributed by atoms with Gasteiger partial charge in [0.25, 0.3) is 10.0 Å². The summed E-state index contributed by atoms with van der Waals surface area (Å²) in [6.07, 6.45) is 1.28. The molecule has 4 rings (SSSR count). The van der Waals surface area contributed by atoms with E-state index in [0.717, 1.165) is 3.97 Å². The number of methoxy groups -OCH3 is 4. The number of ketones is 1. The highest BCUT2D eigenvalue weighted by atomic mass is 32.2. The van der Waals surface area contributed by atoms with Gasteiger partial charge in [-0.3, -0.25) is 4.79 Å². The van der Waals surface area contributed by atoms with Crippen LogP contribution in [0.25, 0.3) is 10.9 Å². The van der Waals surface area contributed by atoms with Crippen LogP contribution in [-0.2, 0) is 10.0 Å². The Kier molecular flexibility index (Phi) is 8.97. The first-order valence-electron chi connectivity index (χ1n) is 12.7. The summed E-state index contributed by atoms with van der Waals surface area (Å²) in [5.74, 6) is 0.806. The van der Waals surface area contributed by atoms with Gasteiger partial charge < -0.3 is 40.2 Å². The number of fused-ring (bicyclic) bond motifs is 1. The van der Waals surface area contributed by atoms with Crippen molar-refractivity contribution < 1.29 is 42.4 Å². The predicted octanol–water partition coefficient (Wildman–Crippen LogP) is 2.24. The van der Waals surface area contributed by atoms with Gasteiger partial charge in [0.2, 0.25) is 5.75 Å². The van der Waals surface area contributed by atoms with Crippen molar-refractivity contribution in [2.45, 2.75) is 10.4 Å². The fourth-order valence-electron chi connectivity index (χ4n) is 4.35. The van der Waals surface area contributed by atoms with Gasteiger partial charge in [-0.25, -0.2) is 12.4 Å². The van der Waals surface area contributed by atoms with Crippen LogP contribution in [0.4, 0.5) is 5.69 Å². The molecule has 1 heterocycles. The van der Waals surface area contributed by atoms with Gasteiger partial charge in [0.05, 0.1) is 57.6 Å². The molecule has 0 atom stereocenters. The molecule has 0 saturated carbocycles. The molecule has 0 spiro atoms.